The number of amides is 1. The molecule has 110 valence electrons. The quantitative estimate of drug-likeness (QED) is 0.839. The monoisotopic (exact) mass is 267 g/mol. The maximum absolute atomic E-state index is 12.8. The molecule has 2 heterocycles. The zero-order valence-electron chi connectivity index (χ0n) is 13.0. The minimum absolute atomic E-state index is 0.0170. The lowest BCUT2D eigenvalue weighted by Crippen LogP contribution is -2.48. The molecule has 0 bridgehead atoms. The molecule has 1 N–H and O–H groups in total. The van der Waals surface area contributed by atoms with Crippen molar-refractivity contribution in [2.24, 2.45) is 11.8 Å². The van der Waals surface area contributed by atoms with Crippen LogP contribution in [0.1, 0.15) is 40.5 Å². The third-order valence-corrected chi connectivity index (χ3v) is 4.77. The fraction of sp³-hybridized carbons (Fsp3) is 0.933. The molecule has 2 fully saturated rings. The fourth-order valence-corrected chi connectivity index (χ4v) is 3.34. The van der Waals surface area contributed by atoms with E-state index in [1.54, 1.807) is 0 Å². The van der Waals surface area contributed by atoms with Crippen LogP contribution in [0.15, 0.2) is 0 Å². The number of rotatable bonds is 4. The van der Waals surface area contributed by atoms with Crippen LogP contribution in [0.4, 0.5) is 0 Å². The highest BCUT2D eigenvalue weighted by atomic mass is 16.2. The molecular weight excluding hydrogens is 238 g/mol. The molecule has 0 saturated carbocycles. The summed E-state index contributed by atoms with van der Waals surface area (Å²) in [7, 11) is 2.14. The Morgan fingerprint density at radius 3 is 2.53 bits per heavy atom. The molecule has 0 aromatic rings. The van der Waals surface area contributed by atoms with Crippen molar-refractivity contribution in [3.63, 3.8) is 0 Å². The van der Waals surface area contributed by atoms with Crippen molar-refractivity contribution in [3.8, 4) is 0 Å². The second-order valence-corrected chi connectivity index (χ2v) is 6.67. The maximum Gasteiger partial charge on any atom is 0.241 e. The summed E-state index contributed by atoms with van der Waals surface area (Å²) in [5.74, 6) is 1.20. The van der Waals surface area contributed by atoms with Crippen LogP contribution in [0.3, 0.4) is 0 Å². The molecule has 2 aliphatic heterocycles. The van der Waals surface area contributed by atoms with Gasteiger partial charge in [0.05, 0.1) is 12.2 Å². The van der Waals surface area contributed by atoms with E-state index in [0.717, 1.165) is 25.9 Å². The molecule has 2 saturated heterocycles. The third kappa shape index (κ3) is 2.79. The van der Waals surface area contributed by atoms with E-state index in [2.05, 4.69) is 49.9 Å². The van der Waals surface area contributed by atoms with E-state index < -0.39 is 0 Å². The van der Waals surface area contributed by atoms with Gasteiger partial charge in [-0.1, -0.05) is 34.1 Å². The van der Waals surface area contributed by atoms with Crippen molar-refractivity contribution in [1.29, 1.82) is 0 Å². The summed E-state index contributed by atoms with van der Waals surface area (Å²) in [4.78, 5) is 17.2. The number of hydrogen-bond acceptors (Lipinski definition) is 3. The number of carbonyl (C=O) groups is 1. The molecule has 4 atom stereocenters. The van der Waals surface area contributed by atoms with Gasteiger partial charge in [-0.25, -0.2) is 0 Å². The van der Waals surface area contributed by atoms with Crippen molar-refractivity contribution in [2.75, 3.05) is 20.1 Å². The normalized spacial score (nSPS) is 34.5. The predicted octanol–water partition coefficient (Wildman–Crippen LogP) is 1.52. The Morgan fingerprint density at radius 1 is 1.37 bits per heavy atom. The van der Waals surface area contributed by atoms with E-state index in [-0.39, 0.29) is 12.2 Å². The number of nitrogens with zero attached hydrogens (tertiary/aromatic N) is 2. The van der Waals surface area contributed by atoms with Crippen LogP contribution in [0.25, 0.3) is 0 Å². The van der Waals surface area contributed by atoms with Crippen molar-refractivity contribution < 1.29 is 4.79 Å². The second kappa shape index (κ2) is 5.80. The van der Waals surface area contributed by atoms with Gasteiger partial charge in [0.2, 0.25) is 5.91 Å². The topological polar surface area (TPSA) is 35.6 Å². The highest BCUT2D eigenvalue weighted by Gasteiger charge is 2.46. The molecule has 4 heteroatoms. The first-order valence-corrected chi connectivity index (χ1v) is 7.72. The van der Waals surface area contributed by atoms with Crippen LogP contribution in [0.5, 0.6) is 0 Å². The SMILES string of the molecule is CCC(C)C1NC(C(C)C)N(C2CCN(C)C2)C1=O. The first kappa shape index (κ1) is 14.8. The van der Waals surface area contributed by atoms with Gasteiger partial charge in [-0.15, -0.1) is 0 Å². The molecule has 4 nitrogen and oxygen atoms in total. The molecule has 2 aliphatic rings. The van der Waals surface area contributed by atoms with Crippen molar-refractivity contribution in [1.82, 2.24) is 15.1 Å². The van der Waals surface area contributed by atoms with E-state index in [1.807, 2.05) is 0 Å². The number of likely N-dealkylation sites (tertiary alicyclic amines) is 1. The van der Waals surface area contributed by atoms with Crippen LogP contribution >= 0.6 is 0 Å². The summed E-state index contributed by atoms with van der Waals surface area (Å²) in [6.45, 7) is 10.9. The van der Waals surface area contributed by atoms with Crippen LogP contribution in [0.2, 0.25) is 0 Å². The fourth-order valence-electron chi connectivity index (χ4n) is 3.34. The zero-order chi connectivity index (χ0) is 14.2. The van der Waals surface area contributed by atoms with Gasteiger partial charge in [0, 0.05) is 12.6 Å². The summed E-state index contributed by atoms with van der Waals surface area (Å²) < 4.78 is 0. The summed E-state index contributed by atoms with van der Waals surface area (Å²) in [6.07, 6.45) is 2.37. The molecular formula is C15H29N3O. The van der Waals surface area contributed by atoms with Gasteiger partial charge in [-0.05, 0) is 31.8 Å². The van der Waals surface area contributed by atoms with Gasteiger partial charge in [-0.3, -0.25) is 10.1 Å². The Balaban J connectivity index is 2.16. The standard InChI is InChI=1S/C15H29N3O/c1-6-11(4)13-15(19)18(14(16-13)10(2)3)12-7-8-17(5)9-12/h10-14,16H,6-9H2,1-5H3. The van der Waals surface area contributed by atoms with Gasteiger partial charge in [0.1, 0.15) is 0 Å². The highest BCUT2D eigenvalue weighted by molar-refractivity contribution is 5.85. The minimum Gasteiger partial charge on any atom is -0.321 e. The van der Waals surface area contributed by atoms with Gasteiger partial charge in [0.15, 0.2) is 0 Å². The average molecular weight is 267 g/mol. The summed E-state index contributed by atoms with van der Waals surface area (Å²) in [6, 6.07) is 0.412. The van der Waals surface area contributed by atoms with Crippen molar-refractivity contribution in [2.45, 2.75) is 58.8 Å². The Bertz CT molecular complexity index is 331. The van der Waals surface area contributed by atoms with Gasteiger partial charge < -0.3 is 9.80 Å². The molecule has 4 unspecified atom stereocenters. The molecule has 2 rings (SSSR count). The highest BCUT2D eigenvalue weighted by Crippen LogP contribution is 2.28. The number of hydrogen-bond donors (Lipinski definition) is 1. The lowest BCUT2D eigenvalue weighted by molar-refractivity contribution is -0.133. The predicted molar refractivity (Wildman–Crippen MR) is 77.8 cm³/mol. The third-order valence-electron chi connectivity index (χ3n) is 4.77. The largest absolute Gasteiger partial charge is 0.321 e. The van der Waals surface area contributed by atoms with Gasteiger partial charge in [0.25, 0.3) is 0 Å². The minimum atomic E-state index is 0.0170. The summed E-state index contributed by atoms with van der Waals surface area (Å²) in [5.41, 5.74) is 0. The van der Waals surface area contributed by atoms with E-state index in [9.17, 15) is 4.79 Å². The Kier molecular flexibility index (Phi) is 4.51. The lowest BCUT2D eigenvalue weighted by Gasteiger charge is -2.32. The van der Waals surface area contributed by atoms with Crippen LogP contribution < -0.4 is 5.32 Å². The van der Waals surface area contributed by atoms with Crippen molar-refractivity contribution in [3.05, 3.63) is 0 Å². The summed E-state index contributed by atoms with van der Waals surface area (Å²) >= 11 is 0. The number of carbonyl (C=O) groups excluding carboxylic acids is 1. The van der Waals surface area contributed by atoms with E-state index >= 15 is 0 Å². The zero-order valence-corrected chi connectivity index (χ0v) is 13.0. The van der Waals surface area contributed by atoms with Crippen LogP contribution in [-0.2, 0) is 4.79 Å². The van der Waals surface area contributed by atoms with Crippen LogP contribution in [0, 0.1) is 11.8 Å². The molecule has 0 aromatic carbocycles. The maximum atomic E-state index is 12.8. The number of likely N-dealkylation sites (N-methyl/N-ethyl adjacent to an activating group) is 1. The molecule has 0 aromatic heterocycles. The Hall–Kier alpha value is -0.610. The van der Waals surface area contributed by atoms with Crippen molar-refractivity contribution >= 4 is 5.91 Å². The van der Waals surface area contributed by atoms with Gasteiger partial charge in [-0.2, -0.15) is 0 Å². The van der Waals surface area contributed by atoms with E-state index in [0.29, 0.717) is 23.8 Å². The molecule has 0 radical (unpaired) electrons. The first-order valence-electron chi connectivity index (χ1n) is 7.72. The number of nitrogens with one attached hydrogen (secondary N) is 1. The Morgan fingerprint density at radius 2 is 2.05 bits per heavy atom. The second-order valence-electron chi connectivity index (χ2n) is 6.67. The van der Waals surface area contributed by atoms with E-state index in [4.69, 9.17) is 0 Å². The lowest BCUT2D eigenvalue weighted by atomic mass is 9.99. The average Bonchev–Trinajstić information content (AvgIpc) is 2.92. The first-order chi connectivity index (χ1) is 8.95. The Labute approximate surface area is 117 Å². The van der Waals surface area contributed by atoms with E-state index in [1.165, 1.54) is 0 Å². The molecule has 19 heavy (non-hydrogen) atoms. The molecule has 1 amide bonds. The molecule has 0 aliphatic carbocycles. The summed E-state index contributed by atoms with van der Waals surface area (Å²) in [5, 5.41) is 3.59. The van der Waals surface area contributed by atoms with Crippen LogP contribution in [-0.4, -0.2) is 54.1 Å². The van der Waals surface area contributed by atoms with Gasteiger partial charge >= 0.3 is 0 Å². The smallest absolute Gasteiger partial charge is 0.241 e. The molecule has 0 spiro atoms.